The molecule has 1 aromatic heterocycles. The van der Waals surface area contributed by atoms with Gasteiger partial charge in [-0.15, -0.1) is 0 Å². The number of para-hydroxylation sites is 2. The number of hydrogen-bond acceptors (Lipinski definition) is 4. The van der Waals surface area contributed by atoms with Crippen molar-refractivity contribution in [1.82, 2.24) is 19.8 Å². The van der Waals surface area contributed by atoms with E-state index in [1.807, 2.05) is 36.1 Å². The first-order chi connectivity index (χ1) is 11.5. The maximum absolute atomic E-state index is 12.5. The van der Waals surface area contributed by atoms with Gasteiger partial charge < -0.3 is 15.0 Å². The van der Waals surface area contributed by atoms with Gasteiger partial charge in [-0.3, -0.25) is 14.5 Å². The van der Waals surface area contributed by atoms with Crippen molar-refractivity contribution in [2.75, 3.05) is 26.2 Å². The van der Waals surface area contributed by atoms with Crippen LogP contribution in [-0.2, 0) is 16.1 Å². The molecule has 2 atom stereocenters. The summed E-state index contributed by atoms with van der Waals surface area (Å²) in [5, 5.41) is 9.77. The first-order valence-electron chi connectivity index (χ1n) is 8.21. The van der Waals surface area contributed by atoms with E-state index < -0.39 is 17.3 Å². The molecular formula is C17H20N4O3. The fraction of sp³-hybridized carbons (Fsp3) is 0.471. The Morgan fingerprint density at radius 1 is 1.42 bits per heavy atom. The summed E-state index contributed by atoms with van der Waals surface area (Å²) in [6.45, 7) is 4.14. The van der Waals surface area contributed by atoms with E-state index in [-0.39, 0.29) is 5.91 Å². The number of nitrogens with zero attached hydrogens (tertiary/aromatic N) is 3. The highest BCUT2D eigenvalue weighted by atomic mass is 16.4. The predicted octanol–water partition coefficient (Wildman–Crippen LogP) is 0.928. The molecule has 2 saturated heterocycles. The topological polar surface area (TPSA) is 89.5 Å². The van der Waals surface area contributed by atoms with Gasteiger partial charge in [-0.25, -0.2) is 4.98 Å². The van der Waals surface area contributed by atoms with Gasteiger partial charge in [-0.2, -0.15) is 0 Å². The number of amides is 1. The molecule has 0 bridgehead atoms. The third kappa shape index (κ3) is 2.11. The number of carboxylic acids is 1. The zero-order valence-electron chi connectivity index (χ0n) is 13.5. The van der Waals surface area contributed by atoms with E-state index >= 15 is 0 Å². The van der Waals surface area contributed by atoms with E-state index in [2.05, 4.69) is 9.97 Å². The Balaban J connectivity index is 1.57. The molecule has 1 amide bonds. The molecule has 0 spiro atoms. The molecule has 2 fully saturated rings. The average molecular weight is 328 g/mol. The Bertz CT molecular complexity index is 784. The van der Waals surface area contributed by atoms with Crippen molar-refractivity contribution in [2.24, 2.45) is 11.3 Å². The molecule has 0 saturated carbocycles. The van der Waals surface area contributed by atoms with Crippen molar-refractivity contribution in [3.05, 3.63) is 30.1 Å². The lowest BCUT2D eigenvalue weighted by Gasteiger charge is -2.24. The number of carboxylic acid groups (broad SMARTS) is 1. The molecule has 126 valence electrons. The number of rotatable bonds is 4. The molecule has 0 unspecified atom stereocenters. The monoisotopic (exact) mass is 328 g/mol. The van der Waals surface area contributed by atoms with Crippen LogP contribution in [0.1, 0.15) is 12.7 Å². The first kappa shape index (κ1) is 15.1. The molecule has 4 rings (SSSR count). The Hall–Kier alpha value is -2.41. The Labute approximate surface area is 139 Å². The van der Waals surface area contributed by atoms with Gasteiger partial charge >= 0.3 is 5.97 Å². The lowest BCUT2D eigenvalue weighted by Crippen LogP contribution is -2.40. The third-order valence-corrected chi connectivity index (χ3v) is 5.32. The Morgan fingerprint density at radius 3 is 2.88 bits per heavy atom. The van der Waals surface area contributed by atoms with E-state index in [0.717, 1.165) is 16.9 Å². The summed E-state index contributed by atoms with van der Waals surface area (Å²) in [5.41, 5.74) is 0.875. The van der Waals surface area contributed by atoms with E-state index in [0.29, 0.717) is 32.7 Å². The number of aliphatic carboxylic acids is 1. The normalized spacial score (nSPS) is 27.1. The molecule has 3 heterocycles. The number of benzene rings is 1. The van der Waals surface area contributed by atoms with E-state index in [4.69, 9.17) is 0 Å². The zero-order valence-corrected chi connectivity index (χ0v) is 13.5. The first-order valence-corrected chi connectivity index (χ1v) is 8.21. The summed E-state index contributed by atoms with van der Waals surface area (Å²) in [4.78, 5) is 35.9. The van der Waals surface area contributed by atoms with Gasteiger partial charge in [0.25, 0.3) is 0 Å². The molecule has 2 aromatic rings. The second-order valence-electron chi connectivity index (χ2n) is 6.74. The quantitative estimate of drug-likeness (QED) is 0.871. The van der Waals surface area contributed by atoms with Crippen molar-refractivity contribution in [2.45, 2.75) is 13.5 Å². The van der Waals surface area contributed by atoms with Crippen molar-refractivity contribution in [1.29, 1.82) is 0 Å². The van der Waals surface area contributed by atoms with Gasteiger partial charge in [-0.05, 0) is 19.1 Å². The minimum Gasteiger partial charge on any atom is -0.481 e. The van der Waals surface area contributed by atoms with Crippen molar-refractivity contribution in [3.63, 3.8) is 0 Å². The van der Waals surface area contributed by atoms with Crippen molar-refractivity contribution in [3.8, 4) is 0 Å². The number of carbonyl (C=O) groups excluding carboxylic acids is 1. The minimum atomic E-state index is -0.987. The third-order valence-electron chi connectivity index (χ3n) is 5.32. The lowest BCUT2D eigenvalue weighted by atomic mass is 9.81. The number of hydrogen-bond donors (Lipinski definition) is 2. The smallest absolute Gasteiger partial charge is 0.313 e. The summed E-state index contributed by atoms with van der Waals surface area (Å²) < 4.78 is 0. The minimum absolute atomic E-state index is 0.0352. The van der Waals surface area contributed by atoms with Crippen LogP contribution < -0.4 is 0 Å². The van der Waals surface area contributed by atoms with Crippen LogP contribution >= 0.6 is 0 Å². The van der Waals surface area contributed by atoms with Crippen LogP contribution in [0.4, 0.5) is 0 Å². The number of carbonyl (C=O) groups is 2. The van der Waals surface area contributed by atoms with Crippen LogP contribution in [-0.4, -0.2) is 62.9 Å². The highest BCUT2D eigenvalue weighted by Crippen LogP contribution is 2.43. The maximum Gasteiger partial charge on any atom is 0.313 e. The second-order valence-corrected chi connectivity index (χ2v) is 6.74. The average Bonchev–Trinajstić information content (AvgIpc) is 3.19. The SMILES string of the molecule is CCN1C[C@@]2(C(=O)O)CN(Cc3nc4ccccc4[nH]3)C[C@H]2C1=O. The fourth-order valence-corrected chi connectivity index (χ4v) is 4.08. The number of fused-ring (bicyclic) bond motifs is 2. The number of imidazole rings is 1. The number of likely N-dealkylation sites (tertiary alicyclic amines) is 2. The Kier molecular flexibility index (Phi) is 3.35. The lowest BCUT2D eigenvalue weighted by molar-refractivity contribution is -0.149. The van der Waals surface area contributed by atoms with Gasteiger partial charge in [0.05, 0.1) is 23.5 Å². The van der Waals surface area contributed by atoms with Crippen LogP contribution in [0.25, 0.3) is 11.0 Å². The highest BCUT2D eigenvalue weighted by molar-refractivity contribution is 5.92. The van der Waals surface area contributed by atoms with Gasteiger partial charge in [0.2, 0.25) is 5.91 Å². The number of H-pyrrole nitrogens is 1. The van der Waals surface area contributed by atoms with Crippen LogP contribution in [0.2, 0.25) is 0 Å². The number of nitrogens with one attached hydrogen (secondary N) is 1. The van der Waals surface area contributed by atoms with Gasteiger partial charge in [0.1, 0.15) is 11.2 Å². The van der Waals surface area contributed by atoms with Gasteiger partial charge in [0.15, 0.2) is 0 Å². The van der Waals surface area contributed by atoms with Crippen LogP contribution in [0.15, 0.2) is 24.3 Å². The molecule has 0 radical (unpaired) electrons. The molecule has 24 heavy (non-hydrogen) atoms. The number of aromatic nitrogens is 2. The highest BCUT2D eigenvalue weighted by Gasteiger charge is 2.61. The molecule has 7 nitrogen and oxygen atoms in total. The second kappa shape index (κ2) is 5.31. The van der Waals surface area contributed by atoms with Gasteiger partial charge in [0, 0.05) is 26.2 Å². The van der Waals surface area contributed by atoms with Crippen molar-refractivity contribution < 1.29 is 14.7 Å². The van der Waals surface area contributed by atoms with Crippen molar-refractivity contribution >= 4 is 22.9 Å². The largest absolute Gasteiger partial charge is 0.481 e. The van der Waals surface area contributed by atoms with Crippen LogP contribution in [0.3, 0.4) is 0 Å². The fourth-order valence-electron chi connectivity index (χ4n) is 4.08. The molecule has 2 N–H and O–H groups in total. The molecule has 0 aliphatic carbocycles. The van der Waals surface area contributed by atoms with Crippen LogP contribution in [0, 0.1) is 11.3 Å². The van der Waals surface area contributed by atoms with E-state index in [9.17, 15) is 14.7 Å². The summed E-state index contributed by atoms with van der Waals surface area (Å²) >= 11 is 0. The predicted molar refractivity (Wildman–Crippen MR) is 87.2 cm³/mol. The molecule has 1 aromatic carbocycles. The standard InChI is InChI=1S/C17H20N4O3/c1-2-21-10-17(16(23)24)9-20(7-11(17)15(21)22)8-14-18-12-5-3-4-6-13(12)19-14/h3-6,11H,2,7-10H2,1H3,(H,18,19)(H,23,24)/t11-,17-/m0/s1. The molecule has 2 aliphatic heterocycles. The Morgan fingerprint density at radius 2 is 2.21 bits per heavy atom. The summed E-state index contributed by atoms with van der Waals surface area (Å²) in [5.74, 6) is -0.563. The summed E-state index contributed by atoms with van der Waals surface area (Å²) in [7, 11) is 0. The molecule has 7 heteroatoms. The van der Waals surface area contributed by atoms with Gasteiger partial charge in [-0.1, -0.05) is 12.1 Å². The maximum atomic E-state index is 12.5. The van der Waals surface area contributed by atoms with E-state index in [1.54, 1.807) is 4.90 Å². The molecule has 2 aliphatic rings. The zero-order chi connectivity index (χ0) is 16.9. The molecular weight excluding hydrogens is 308 g/mol. The summed E-state index contributed by atoms with van der Waals surface area (Å²) in [6, 6.07) is 7.79. The van der Waals surface area contributed by atoms with Crippen LogP contribution in [0.5, 0.6) is 0 Å². The van der Waals surface area contributed by atoms with E-state index in [1.165, 1.54) is 0 Å². The summed E-state index contributed by atoms with van der Waals surface area (Å²) in [6.07, 6.45) is 0. The number of aromatic amines is 1.